The van der Waals surface area contributed by atoms with Gasteiger partial charge in [0.15, 0.2) is 0 Å². The topological polar surface area (TPSA) is 87.4 Å². The molecule has 1 rings (SSSR count). The molecular formula is C11H19N3O3. The second-order valence-corrected chi connectivity index (χ2v) is 4.23. The van der Waals surface area contributed by atoms with Crippen LogP contribution in [0.15, 0.2) is 12.4 Å². The highest BCUT2D eigenvalue weighted by Crippen LogP contribution is 2.13. The van der Waals surface area contributed by atoms with Crippen molar-refractivity contribution in [1.29, 1.82) is 0 Å². The van der Waals surface area contributed by atoms with Gasteiger partial charge >= 0.3 is 5.97 Å². The summed E-state index contributed by atoms with van der Waals surface area (Å²) in [6.07, 6.45) is 3.09. The Morgan fingerprint density at radius 2 is 2.29 bits per heavy atom. The number of likely N-dealkylation sites (N-methyl/N-ethyl adjacent to an activating group) is 1. The molecule has 0 amide bonds. The monoisotopic (exact) mass is 241 g/mol. The molecule has 0 unspecified atom stereocenters. The van der Waals surface area contributed by atoms with Crippen molar-refractivity contribution >= 4 is 5.97 Å². The van der Waals surface area contributed by atoms with Crippen LogP contribution in [-0.2, 0) is 18.3 Å². The van der Waals surface area contributed by atoms with Crippen LogP contribution in [-0.4, -0.2) is 44.9 Å². The first-order chi connectivity index (χ1) is 7.97. The van der Waals surface area contributed by atoms with Crippen LogP contribution in [0.1, 0.15) is 12.7 Å². The number of hydrogen-bond donors (Lipinski definition) is 3. The van der Waals surface area contributed by atoms with Crippen LogP contribution in [0.4, 0.5) is 0 Å². The molecule has 17 heavy (non-hydrogen) atoms. The van der Waals surface area contributed by atoms with E-state index in [9.17, 15) is 9.90 Å². The molecule has 0 aliphatic rings. The first-order valence-electron chi connectivity index (χ1n) is 5.51. The van der Waals surface area contributed by atoms with E-state index in [0.717, 1.165) is 5.82 Å². The zero-order chi connectivity index (χ0) is 13.0. The van der Waals surface area contributed by atoms with E-state index in [1.165, 1.54) is 7.05 Å². The van der Waals surface area contributed by atoms with Crippen LogP contribution in [0, 0.1) is 5.92 Å². The molecule has 1 aromatic rings. The molecule has 0 aliphatic heterocycles. The van der Waals surface area contributed by atoms with Gasteiger partial charge in [-0.2, -0.15) is 0 Å². The Balaban J connectivity index is 2.66. The van der Waals surface area contributed by atoms with E-state index in [0.29, 0.717) is 6.42 Å². The maximum absolute atomic E-state index is 10.9. The van der Waals surface area contributed by atoms with Crippen molar-refractivity contribution in [3.63, 3.8) is 0 Å². The lowest BCUT2D eigenvalue weighted by molar-refractivity contribution is -0.143. The lowest BCUT2D eigenvalue weighted by Crippen LogP contribution is -2.47. The summed E-state index contributed by atoms with van der Waals surface area (Å²) in [4.78, 5) is 15.1. The number of hydrogen-bond acceptors (Lipinski definition) is 4. The molecule has 1 aromatic heterocycles. The number of carbonyl (C=O) groups is 1. The predicted octanol–water partition coefficient (Wildman–Crippen LogP) is -0.368. The Morgan fingerprint density at radius 3 is 2.71 bits per heavy atom. The number of carboxylic acid groups (broad SMARTS) is 1. The highest BCUT2D eigenvalue weighted by Gasteiger charge is 2.29. The summed E-state index contributed by atoms with van der Waals surface area (Å²) in [7, 11) is 3.39. The SMILES string of the molecule is CN[C@H](C(=O)O)[C@H](O)[C@H](C)Cc1nccn1C. The molecule has 1 heterocycles. The van der Waals surface area contributed by atoms with Crippen LogP contribution >= 0.6 is 0 Å². The van der Waals surface area contributed by atoms with Crippen LogP contribution in [0.3, 0.4) is 0 Å². The molecule has 0 radical (unpaired) electrons. The standard InChI is InChI=1S/C11H19N3O3/c1-7(6-8-13-4-5-14(8)3)10(15)9(12-2)11(16)17/h4-5,7,9-10,12,15H,6H2,1-3H3,(H,16,17)/t7-,9+,10-/m1/s1. The van der Waals surface area contributed by atoms with Crippen molar-refractivity contribution < 1.29 is 15.0 Å². The molecule has 96 valence electrons. The summed E-state index contributed by atoms with van der Waals surface area (Å²) in [6, 6.07) is -0.953. The molecular weight excluding hydrogens is 222 g/mol. The van der Waals surface area contributed by atoms with Gasteiger partial charge in [0.25, 0.3) is 0 Å². The van der Waals surface area contributed by atoms with Gasteiger partial charge in [0.1, 0.15) is 11.9 Å². The Bertz CT molecular complexity index is 378. The summed E-state index contributed by atoms with van der Waals surface area (Å²) < 4.78 is 1.86. The molecule has 0 spiro atoms. The molecule has 0 bridgehead atoms. The van der Waals surface area contributed by atoms with Crippen LogP contribution in [0.25, 0.3) is 0 Å². The fourth-order valence-corrected chi connectivity index (χ4v) is 1.77. The van der Waals surface area contributed by atoms with Gasteiger partial charge in [0.2, 0.25) is 0 Å². The fraction of sp³-hybridized carbons (Fsp3) is 0.636. The number of nitrogens with one attached hydrogen (secondary N) is 1. The number of aliphatic hydroxyl groups excluding tert-OH is 1. The van der Waals surface area contributed by atoms with E-state index in [2.05, 4.69) is 10.3 Å². The molecule has 0 saturated heterocycles. The second-order valence-electron chi connectivity index (χ2n) is 4.23. The molecule has 0 aliphatic carbocycles. The van der Waals surface area contributed by atoms with Crippen LogP contribution in [0.5, 0.6) is 0 Å². The van der Waals surface area contributed by atoms with Crippen molar-refractivity contribution in [2.45, 2.75) is 25.5 Å². The molecule has 3 atom stereocenters. The molecule has 0 aromatic carbocycles. The van der Waals surface area contributed by atoms with Gasteiger partial charge in [-0.05, 0) is 13.0 Å². The van der Waals surface area contributed by atoms with E-state index >= 15 is 0 Å². The average molecular weight is 241 g/mol. The highest BCUT2D eigenvalue weighted by atomic mass is 16.4. The molecule has 0 fully saturated rings. The number of aliphatic hydroxyl groups is 1. The highest BCUT2D eigenvalue weighted by molar-refractivity contribution is 5.74. The predicted molar refractivity (Wildman–Crippen MR) is 62.6 cm³/mol. The molecule has 3 N–H and O–H groups in total. The van der Waals surface area contributed by atoms with Gasteiger partial charge in [-0.25, -0.2) is 4.98 Å². The number of aryl methyl sites for hydroxylation is 1. The number of aliphatic carboxylic acids is 1. The summed E-state index contributed by atoms with van der Waals surface area (Å²) in [6.45, 7) is 1.81. The zero-order valence-electron chi connectivity index (χ0n) is 10.3. The van der Waals surface area contributed by atoms with Gasteiger partial charge in [-0.3, -0.25) is 4.79 Å². The second kappa shape index (κ2) is 5.79. The number of rotatable bonds is 6. The Labute approximate surface area is 100 Å². The summed E-state index contributed by atoms with van der Waals surface area (Å²) in [5.74, 6) is -0.409. The average Bonchev–Trinajstić information content (AvgIpc) is 2.64. The minimum atomic E-state index is -1.05. The van der Waals surface area contributed by atoms with Gasteiger partial charge in [-0.1, -0.05) is 6.92 Å². The van der Waals surface area contributed by atoms with Crippen molar-refractivity contribution in [2.75, 3.05) is 7.05 Å². The van der Waals surface area contributed by atoms with Gasteiger partial charge in [0, 0.05) is 25.9 Å². The van der Waals surface area contributed by atoms with Crippen molar-refractivity contribution in [1.82, 2.24) is 14.9 Å². The Morgan fingerprint density at radius 1 is 1.65 bits per heavy atom. The van der Waals surface area contributed by atoms with E-state index in [4.69, 9.17) is 5.11 Å². The minimum Gasteiger partial charge on any atom is -0.480 e. The quantitative estimate of drug-likeness (QED) is 0.632. The largest absolute Gasteiger partial charge is 0.480 e. The first kappa shape index (κ1) is 13.7. The summed E-state index contributed by atoms with van der Waals surface area (Å²) in [5, 5.41) is 21.5. The fourth-order valence-electron chi connectivity index (χ4n) is 1.77. The van der Waals surface area contributed by atoms with Gasteiger partial charge in [0.05, 0.1) is 6.10 Å². The number of nitrogens with zero attached hydrogens (tertiary/aromatic N) is 2. The summed E-state index contributed by atoms with van der Waals surface area (Å²) in [5.41, 5.74) is 0. The molecule has 0 saturated carbocycles. The number of carboxylic acids is 1. The zero-order valence-corrected chi connectivity index (χ0v) is 10.3. The van der Waals surface area contributed by atoms with Crippen molar-refractivity contribution in [3.05, 3.63) is 18.2 Å². The number of aromatic nitrogens is 2. The van der Waals surface area contributed by atoms with E-state index in [1.54, 1.807) is 6.20 Å². The van der Waals surface area contributed by atoms with Crippen molar-refractivity contribution in [3.8, 4) is 0 Å². The lowest BCUT2D eigenvalue weighted by Gasteiger charge is -2.24. The van der Waals surface area contributed by atoms with Gasteiger partial charge in [-0.15, -0.1) is 0 Å². The summed E-state index contributed by atoms with van der Waals surface area (Å²) >= 11 is 0. The minimum absolute atomic E-state index is 0.190. The Hall–Kier alpha value is -1.40. The smallest absolute Gasteiger partial charge is 0.323 e. The van der Waals surface area contributed by atoms with Gasteiger partial charge < -0.3 is 20.1 Å². The van der Waals surface area contributed by atoms with E-state index in [-0.39, 0.29) is 5.92 Å². The number of imidazole rings is 1. The Kier molecular flexibility index (Phi) is 4.65. The lowest BCUT2D eigenvalue weighted by atomic mass is 9.94. The first-order valence-corrected chi connectivity index (χ1v) is 5.51. The normalized spacial score (nSPS) is 16.5. The maximum atomic E-state index is 10.9. The van der Waals surface area contributed by atoms with E-state index < -0.39 is 18.1 Å². The van der Waals surface area contributed by atoms with E-state index in [1.807, 2.05) is 24.7 Å². The molecule has 6 nitrogen and oxygen atoms in total. The van der Waals surface area contributed by atoms with Crippen molar-refractivity contribution in [2.24, 2.45) is 13.0 Å². The third kappa shape index (κ3) is 3.28. The van der Waals surface area contributed by atoms with Crippen LogP contribution < -0.4 is 5.32 Å². The maximum Gasteiger partial charge on any atom is 0.323 e. The third-order valence-electron chi connectivity index (χ3n) is 2.93. The molecule has 6 heteroatoms. The van der Waals surface area contributed by atoms with Crippen LogP contribution in [0.2, 0.25) is 0 Å². The third-order valence-corrected chi connectivity index (χ3v) is 2.93.